The Hall–Kier alpha value is -1.43. The van der Waals surface area contributed by atoms with Gasteiger partial charge in [0, 0.05) is 38.8 Å². The molecule has 4 unspecified atom stereocenters. The molecule has 1 amide bonds. The number of nitrogens with zero attached hydrogens (tertiary/aromatic N) is 1. The van der Waals surface area contributed by atoms with Crippen molar-refractivity contribution in [3.8, 4) is 0 Å². The molecule has 25 heavy (non-hydrogen) atoms. The fourth-order valence-electron chi connectivity index (χ4n) is 4.48. The van der Waals surface area contributed by atoms with Crippen LogP contribution in [0.4, 0.5) is 4.79 Å². The molecule has 0 bridgehead atoms. The van der Waals surface area contributed by atoms with Gasteiger partial charge in [0.05, 0.1) is 0 Å². The van der Waals surface area contributed by atoms with Crippen LogP contribution in [0.5, 0.6) is 0 Å². The van der Waals surface area contributed by atoms with E-state index < -0.39 is 5.60 Å². The van der Waals surface area contributed by atoms with Gasteiger partial charge in [-0.2, -0.15) is 0 Å². The predicted molar refractivity (Wildman–Crippen MR) is 93.1 cm³/mol. The highest BCUT2D eigenvalue weighted by Gasteiger charge is 2.42. The first-order chi connectivity index (χ1) is 11.7. The second kappa shape index (κ2) is 7.06. The van der Waals surface area contributed by atoms with Crippen molar-refractivity contribution in [2.75, 3.05) is 26.2 Å². The van der Waals surface area contributed by atoms with Crippen LogP contribution in [0.3, 0.4) is 0 Å². The molecular weight excluding hydrogens is 320 g/mol. The fraction of sp³-hybridized carbons (Fsp3) is 0.842. The lowest BCUT2D eigenvalue weighted by atomic mass is 10.0. The van der Waals surface area contributed by atoms with Crippen LogP contribution in [0.15, 0.2) is 0 Å². The first kappa shape index (κ1) is 18.4. The molecular formula is C19H30N2O4. The van der Waals surface area contributed by atoms with E-state index in [9.17, 15) is 14.4 Å². The van der Waals surface area contributed by atoms with E-state index in [0.29, 0.717) is 61.2 Å². The summed E-state index contributed by atoms with van der Waals surface area (Å²) in [6.45, 7) is 9.13. The Bertz CT molecular complexity index is 524. The average molecular weight is 350 g/mol. The summed E-state index contributed by atoms with van der Waals surface area (Å²) >= 11 is 0. The number of hydrogen-bond donors (Lipinski definition) is 1. The van der Waals surface area contributed by atoms with E-state index in [1.807, 2.05) is 20.8 Å². The molecule has 4 fully saturated rings. The van der Waals surface area contributed by atoms with Crippen molar-refractivity contribution in [3.63, 3.8) is 0 Å². The Kier molecular flexibility index (Phi) is 5.19. The van der Waals surface area contributed by atoms with E-state index in [-0.39, 0.29) is 6.09 Å². The van der Waals surface area contributed by atoms with Crippen LogP contribution in [-0.2, 0) is 14.3 Å². The van der Waals surface area contributed by atoms with Gasteiger partial charge >= 0.3 is 6.09 Å². The lowest BCUT2D eigenvalue weighted by Gasteiger charge is -2.24. The van der Waals surface area contributed by atoms with Gasteiger partial charge in [0.25, 0.3) is 0 Å². The molecule has 2 aliphatic heterocycles. The standard InChI is InChI=1S/C12H19NO3.C7H11NO/c1-12(2,3)16-11(15)13-6-8-4-10(14)5-9(8)7-13;9-7-1-5-3-8-4-6(5)2-7/h8-9H,4-7H2,1-3H3;5-6,8H,1-4H2. The van der Waals surface area contributed by atoms with E-state index in [1.165, 1.54) is 0 Å². The number of fused-ring (bicyclic) bond motifs is 2. The Morgan fingerprint density at radius 1 is 0.920 bits per heavy atom. The lowest BCUT2D eigenvalue weighted by molar-refractivity contribution is -0.118. The van der Waals surface area contributed by atoms with Crippen LogP contribution in [-0.4, -0.2) is 54.3 Å². The van der Waals surface area contributed by atoms with Gasteiger partial charge in [0.15, 0.2) is 0 Å². The molecule has 4 aliphatic rings. The third kappa shape index (κ3) is 4.60. The third-order valence-corrected chi connectivity index (χ3v) is 5.67. The number of carbonyl (C=O) groups is 3. The monoisotopic (exact) mass is 350 g/mol. The van der Waals surface area contributed by atoms with E-state index >= 15 is 0 Å². The molecule has 0 aromatic heterocycles. The summed E-state index contributed by atoms with van der Waals surface area (Å²) in [5.74, 6) is 2.96. The van der Waals surface area contributed by atoms with Gasteiger partial charge in [-0.15, -0.1) is 0 Å². The highest BCUT2D eigenvalue weighted by Crippen LogP contribution is 2.36. The zero-order valence-electron chi connectivity index (χ0n) is 15.5. The van der Waals surface area contributed by atoms with E-state index in [1.54, 1.807) is 4.90 Å². The topological polar surface area (TPSA) is 75.7 Å². The SMILES string of the molecule is CC(C)(C)OC(=O)N1CC2CC(=O)CC2C1.O=C1CC2CNCC2C1. The zero-order chi connectivity index (χ0) is 18.2. The van der Waals surface area contributed by atoms with Crippen molar-refractivity contribution in [2.24, 2.45) is 23.7 Å². The summed E-state index contributed by atoms with van der Waals surface area (Å²) in [4.78, 5) is 35.6. The molecule has 0 aromatic carbocycles. The van der Waals surface area contributed by atoms with Crippen LogP contribution in [0, 0.1) is 23.7 Å². The Morgan fingerprint density at radius 2 is 1.36 bits per heavy atom. The average Bonchev–Trinajstić information content (AvgIpc) is 3.16. The van der Waals surface area contributed by atoms with Crippen molar-refractivity contribution >= 4 is 17.7 Å². The summed E-state index contributed by atoms with van der Waals surface area (Å²) in [7, 11) is 0. The maximum Gasteiger partial charge on any atom is 0.410 e. The molecule has 2 heterocycles. The van der Waals surface area contributed by atoms with Crippen molar-refractivity contribution in [1.29, 1.82) is 0 Å². The molecule has 1 N–H and O–H groups in total. The lowest BCUT2D eigenvalue weighted by Crippen LogP contribution is -2.36. The van der Waals surface area contributed by atoms with Gasteiger partial charge in [-0.25, -0.2) is 4.79 Å². The van der Waals surface area contributed by atoms with Crippen molar-refractivity contribution in [3.05, 3.63) is 0 Å². The summed E-state index contributed by atoms with van der Waals surface area (Å²) in [6, 6.07) is 0. The van der Waals surface area contributed by atoms with E-state index in [2.05, 4.69) is 5.32 Å². The first-order valence-corrected chi connectivity index (χ1v) is 9.43. The number of nitrogens with one attached hydrogen (secondary N) is 1. The summed E-state index contributed by atoms with van der Waals surface area (Å²) < 4.78 is 5.32. The molecule has 2 saturated heterocycles. The predicted octanol–water partition coefficient (Wildman–Crippen LogP) is 2.02. The number of rotatable bonds is 0. The van der Waals surface area contributed by atoms with Crippen molar-refractivity contribution in [2.45, 2.75) is 52.1 Å². The maximum absolute atomic E-state index is 11.8. The van der Waals surface area contributed by atoms with Crippen LogP contribution in [0.25, 0.3) is 0 Å². The molecule has 140 valence electrons. The first-order valence-electron chi connectivity index (χ1n) is 9.43. The minimum absolute atomic E-state index is 0.241. The highest BCUT2D eigenvalue weighted by molar-refractivity contribution is 5.82. The van der Waals surface area contributed by atoms with Crippen LogP contribution in [0.1, 0.15) is 46.5 Å². The van der Waals surface area contributed by atoms with Gasteiger partial charge < -0.3 is 15.0 Å². The summed E-state index contributed by atoms with van der Waals surface area (Å²) in [6.07, 6.45) is 2.73. The molecule has 0 aromatic rings. The molecule has 0 spiro atoms. The number of ether oxygens (including phenoxy) is 1. The normalized spacial score (nSPS) is 33.8. The van der Waals surface area contributed by atoms with Crippen molar-refractivity contribution in [1.82, 2.24) is 10.2 Å². The Balaban J connectivity index is 0.000000170. The fourth-order valence-corrected chi connectivity index (χ4v) is 4.48. The second-order valence-electron chi connectivity index (χ2n) is 8.98. The van der Waals surface area contributed by atoms with Gasteiger partial charge in [-0.3, -0.25) is 9.59 Å². The number of hydrogen-bond acceptors (Lipinski definition) is 5. The molecule has 4 rings (SSSR count). The van der Waals surface area contributed by atoms with Gasteiger partial charge in [-0.05, 0) is 57.5 Å². The molecule has 4 atom stereocenters. The summed E-state index contributed by atoms with van der Waals surface area (Å²) in [5, 5.41) is 3.29. The van der Waals surface area contributed by atoms with Crippen molar-refractivity contribution < 1.29 is 19.1 Å². The number of likely N-dealkylation sites (tertiary alicyclic amines) is 1. The van der Waals surface area contributed by atoms with E-state index in [4.69, 9.17) is 4.74 Å². The molecule has 2 saturated carbocycles. The van der Waals surface area contributed by atoms with Gasteiger partial charge in [0.1, 0.15) is 17.2 Å². The number of carbonyl (C=O) groups excluding carboxylic acids is 3. The second-order valence-corrected chi connectivity index (χ2v) is 8.98. The Morgan fingerprint density at radius 3 is 1.80 bits per heavy atom. The van der Waals surface area contributed by atoms with Gasteiger partial charge in [0.2, 0.25) is 0 Å². The summed E-state index contributed by atoms with van der Waals surface area (Å²) in [5.41, 5.74) is -0.440. The van der Waals surface area contributed by atoms with E-state index in [0.717, 1.165) is 25.9 Å². The smallest absolute Gasteiger partial charge is 0.410 e. The molecule has 0 radical (unpaired) electrons. The molecule has 2 aliphatic carbocycles. The van der Waals surface area contributed by atoms with Crippen LogP contribution < -0.4 is 5.32 Å². The molecule has 6 nitrogen and oxygen atoms in total. The number of ketones is 2. The number of Topliss-reactive ketones (excluding diaryl/α,β-unsaturated/α-hetero) is 2. The van der Waals surface area contributed by atoms with Gasteiger partial charge in [-0.1, -0.05) is 0 Å². The molecule has 6 heteroatoms. The minimum Gasteiger partial charge on any atom is -0.444 e. The quantitative estimate of drug-likeness (QED) is 0.723. The zero-order valence-corrected chi connectivity index (χ0v) is 15.5. The third-order valence-electron chi connectivity index (χ3n) is 5.67. The largest absolute Gasteiger partial charge is 0.444 e. The minimum atomic E-state index is -0.440. The number of amides is 1. The maximum atomic E-state index is 11.8. The Labute approximate surface area is 149 Å². The van der Waals surface area contributed by atoms with Crippen LogP contribution >= 0.6 is 0 Å². The highest BCUT2D eigenvalue weighted by atomic mass is 16.6. The van der Waals surface area contributed by atoms with Crippen LogP contribution in [0.2, 0.25) is 0 Å².